The maximum absolute atomic E-state index is 13.3. The number of carboxylic acid groups (broad SMARTS) is 1. The molecule has 1 aromatic heterocycles. The first kappa shape index (κ1) is 22.0. The number of rotatable bonds is 6. The van der Waals surface area contributed by atoms with Crippen LogP contribution < -0.4 is 9.62 Å². The summed E-state index contributed by atoms with van der Waals surface area (Å²) in [5.41, 5.74) is 3.72. The topological polar surface area (TPSA) is 117 Å². The summed E-state index contributed by atoms with van der Waals surface area (Å²) in [6, 6.07) is 10.2. The monoisotopic (exact) mass is 471 g/mol. The fourth-order valence-electron chi connectivity index (χ4n) is 3.72. The van der Waals surface area contributed by atoms with Crippen molar-refractivity contribution in [1.82, 2.24) is 4.98 Å². The number of hydrogen-bond donors (Lipinski definition) is 2. The maximum atomic E-state index is 13.3. The minimum absolute atomic E-state index is 0.226. The molecular weight excluding hydrogens is 450 g/mol. The molecule has 4 rings (SSSR count). The first-order valence-corrected chi connectivity index (χ1v) is 12.2. The molecule has 2 heterocycles. The molecule has 0 unspecified atom stereocenters. The number of amides is 1. The lowest BCUT2D eigenvalue weighted by Gasteiger charge is -2.20. The van der Waals surface area contributed by atoms with E-state index in [-0.39, 0.29) is 16.4 Å². The van der Waals surface area contributed by atoms with Crippen LogP contribution in [0.4, 0.5) is 10.8 Å². The lowest BCUT2D eigenvalue weighted by molar-refractivity contribution is -0.136. The maximum Gasteiger partial charge on any atom is 0.309 e. The van der Waals surface area contributed by atoms with Crippen molar-refractivity contribution in [3.8, 4) is 0 Å². The Morgan fingerprint density at radius 1 is 1.16 bits per heavy atom. The van der Waals surface area contributed by atoms with E-state index in [0.29, 0.717) is 29.9 Å². The average molecular weight is 472 g/mol. The van der Waals surface area contributed by atoms with Gasteiger partial charge in [0.15, 0.2) is 5.13 Å². The van der Waals surface area contributed by atoms with Gasteiger partial charge in [-0.25, -0.2) is 13.4 Å². The molecule has 0 spiro atoms. The molecule has 0 bridgehead atoms. The van der Waals surface area contributed by atoms with Gasteiger partial charge in [0.25, 0.3) is 15.9 Å². The molecule has 0 atom stereocenters. The van der Waals surface area contributed by atoms with Crippen LogP contribution in [-0.2, 0) is 27.7 Å². The van der Waals surface area contributed by atoms with Crippen molar-refractivity contribution in [2.45, 2.75) is 31.6 Å². The lowest BCUT2D eigenvalue weighted by Crippen LogP contribution is -2.29. The first-order chi connectivity index (χ1) is 15.1. The van der Waals surface area contributed by atoms with E-state index in [1.54, 1.807) is 35.7 Å². The summed E-state index contributed by atoms with van der Waals surface area (Å²) in [5.74, 6) is -1.45. The Balaban J connectivity index is 1.60. The highest BCUT2D eigenvalue weighted by molar-refractivity contribution is 7.92. The van der Waals surface area contributed by atoms with Gasteiger partial charge in [-0.15, -0.1) is 11.3 Å². The van der Waals surface area contributed by atoms with Crippen molar-refractivity contribution >= 4 is 44.1 Å². The standard InChI is InChI=1S/C22H21N3O5S2/c1-13-7-14(2)9-18(8-13)32(29,30)25-6-5-15-3-4-16(10-19(15)25)21(28)24-22-23-17(12-31-22)11-20(26)27/h3-4,7-10,12H,5-6,11H2,1-2H3,(H,26,27)(H,23,24,28). The van der Waals surface area contributed by atoms with Crippen LogP contribution in [0.25, 0.3) is 0 Å². The van der Waals surface area contributed by atoms with Crippen molar-refractivity contribution in [3.63, 3.8) is 0 Å². The Morgan fingerprint density at radius 2 is 1.88 bits per heavy atom. The van der Waals surface area contributed by atoms with E-state index in [9.17, 15) is 18.0 Å². The number of anilines is 2. The zero-order valence-electron chi connectivity index (χ0n) is 17.5. The smallest absolute Gasteiger partial charge is 0.309 e. The number of carboxylic acids is 1. The number of nitrogens with zero attached hydrogens (tertiary/aromatic N) is 2. The molecule has 8 nitrogen and oxygen atoms in total. The van der Waals surface area contributed by atoms with Crippen LogP contribution in [0.2, 0.25) is 0 Å². The normalized spacial score (nSPS) is 13.1. The van der Waals surface area contributed by atoms with E-state index in [1.807, 2.05) is 19.9 Å². The van der Waals surface area contributed by atoms with Crippen molar-refractivity contribution < 1.29 is 23.1 Å². The van der Waals surface area contributed by atoms with Crippen molar-refractivity contribution in [2.24, 2.45) is 0 Å². The minimum Gasteiger partial charge on any atom is -0.481 e. The first-order valence-electron chi connectivity index (χ1n) is 9.85. The molecule has 166 valence electrons. The number of aryl methyl sites for hydroxylation is 2. The fourth-order valence-corrected chi connectivity index (χ4v) is 6.11. The van der Waals surface area contributed by atoms with Gasteiger partial charge < -0.3 is 5.11 Å². The molecule has 0 aliphatic carbocycles. The van der Waals surface area contributed by atoms with Crippen molar-refractivity contribution in [2.75, 3.05) is 16.2 Å². The molecular formula is C22H21N3O5S2. The van der Waals surface area contributed by atoms with E-state index in [0.717, 1.165) is 28.0 Å². The number of sulfonamides is 1. The Labute approximate surface area is 189 Å². The summed E-state index contributed by atoms with van der Waals surface area (Å²) in [4.78, 5) is 27.9. The predicted octanol–water partition coefficient (Wildman–Crippen LogP) is 3.39. The van der Waals surface area contributed by atoms with Crippen LogP contribution in [-0.4, -0.2) is 36.9 Å². The number of benzene rings is 2. The second-order valence-electron chi connectivity index (χ2n) is 7.66. The summed E-state index contributed by atoms with van der Waals surface area (Å²) in [6.45, 7) is 4.01. The number of aromatic nitrogens is 1. The molecule has 0 fully saturated rings. The molecule has 1 amide bonds. The van der Waals surface area contributed by atoms with Crippen LogP contribution in [0, 0.1) is 13.8 Å². The third-order valence-electron chi connectivity index (χ3n) is 5.09. The second-order valence-corrected chi connectivity index (χ2v) is 10.4. The van der Waals surface area contributed by atoms with Gasteiger partial charge >= 0.3 is 5.97 Å². The molecule has 32 heavy (non-hydrogen) atoms. The van der Waals surface area contributed by atoms with Gasteiger partial charge in [0.1, 0.15) is 0 Å². The predicted molar refractivity (Wildman–Crippen MR) is 122 cm³/mol. The third kappa shape index (κ3) is 4.37. The largest absolute Gasteiger partial charge is 0.481 e. The van der Waals surface area contributed by atoms with Gasteiger partial charge in [-0.3, -0.25) is 19.2 Å². The Bertz CT molecular complexity index is 1310. The highest BCUT2D eigenvalue weighted by atomic mass is 32.2. The molecule has 2 N–H and O–H groups in total. The van der Waals surface area contributed by atoms with Crippen LogP contribution in [0.1, 0.15) is 32.7 Å². The van der Waals surface area contributed by atoms with Crippen molar-refractivity contribution in [1.29, 1.82) is 0 Å². The van der Waals surface area contributed by atoms with Gasteiger partial charge in [0.05, 0.1) is 22.7 Å². The SMILES string of the molecule is Cc1cc(C)cc(S(=O)(=O)N2CCc3ccc(C(=O)Nc4nc(CC(=O)O)cs4)cc32)c1. The summed E-state index contributed by atoms with van der Waals surface area (Å²) >= 11 is 1.13. The second kappa shape index (κ2) is 8.36. The van der Waals surface area contributed by atoms with Gasteiger partial charge in [0, 0.05) is 17.5 Å². The van der Waals surface area contributed by atoms with Gasteiger partial charge in [-0.2, -0.15) is 0 Å². The van der Waals surface area contributed by atoms with E-state index in [4.69, 9.17) is 5.11 Å². The fraction of sp³-hybridized carbons (Fsp3) is 0.227. The summed E-state index contributed by atoms with van der Waals surface area (Å²) in [7, 11) is -3.77. The number of fused-ring (bicyclic) bond motifs is 1. The Hall–Kier alpha value is -3.24. The van der Waals surface area contributed by atoms with Gasteiger partial charge in [0.2, 0.25) is 0 Å². The quantitative estimate of drug-likeness (QED) is 0.569. The molecule has 2 aromatic carbocycles. The van der Waals surface area contributed by atoms with Gasteiger partial charge in [-0.1, -0.05) is 12.1 Å². The van der Waals surface area contributed by atoms with E-state index < -0.39 is 21.9 Å². The highest BCUT2D eigenvalue weighted by Crippen LogP contribution is 2.34. The molecule has 1 aliphatic rings. The van der Waals surface area contributed by atoms with Crippen LogP contribution >= 0.6 is 11.3 Å². The third-order valence-corrected chi connectivity index (χ3v) is 7.69. The number of aliphatic carboxylic acids is 1. The molecule has 1 aliphatic heterocycles. The number of carbonyl (C=O) groups is 2. The number of thiazole rings is 1. The number of carbonyl (C=O) groups excluding carboxylic acids is 1. The molecule has 3 aromatic rings. The number of nitrogens with one attached hydrogen (secondary N) is 1. The van der Waals surface area contributed by atoms with Crippen molar-refractivity contribution in [3.05, 3.63) is 69.7 Å². The average Bonchev–Trinajstić information content (AvgIpc) is 3.33. The van der Waals surface area contributed by atoms with Crippen LogP contribution in [0.15, 0.2) is 46.7 Å². The zero-order valence-corrected chi connectivity index (χ0v) is 19.1. The van der Waals surface area contributed by atoms with E-state index in [2.05, 4.69) is 10.3 Å². The molecule has 10 heteroatoms. The summed E-state index contributed by atoms with van der Waals surface area (Å²) < 4.78 is 28.0. The van der Waals surface area contributed by atoms with Crippen LogP contribution in [0.5, 0.6) is 0 Å². The number of hydrogen-bond acceptors (Lipinski definition) is 6. The Kier molecular flexibility index (Phi) is 5.74. The lowest BCUT2D eigenvalue weighted by atomic mass is 10.1. The summed E-state index contributed by atoms with van der Waals surface area (Å²) in [5, 5.41) is 13.4. The zero-order chi connectivity index (χ0) is 23.0. The van der Waals surface area contributed by atoms with Gasteiger partial charge in [-0.05, 0) is 61.2 Å². The summed E-state index contributed by atoms with van der Waals surface area (Å²) in [6.07, 6.45) is 0.336. The van der Waals surface area contributed by atoms with E-state index in [1.165, 1.54) is 4.31 Å². The molecule has 0 saturated heterocycles. The van der Waals surface area contributed by atoms with Crippen LogP contribution in [0.3, 0.4) is 0 Å². The molecule has 0 radical (unpaired) electrons. The van der Waals surface area contributed by atoms with E-state index >= 15 is 0 Å². The molecule has 0 saturated carbocycles. The minimum atomic E-state index is -3.77. The Morgan fingerprint density at radius 3 is 2.56 bits per heavy atom. The highest BCUT2D eigenvalue weighted by Gasteiger charge is 2.31.